The van der Waals surface area contributed by atoms with Gasteiger partial charge in [0.25, 0.3) is 5.91 Å². The Kier molecular flexibility index (Phi) is 4.91. The Morgan fingerprint density at radius 1 is 1.23 bits per heavy atom. The van der Waals surface area contributed by atoms with E-state index >= 15 is 0 Å². The van der Waals surface area contributed by atoms with Gasteiger partial charge in [0.1, 0.15) is 11.1 Å². The fourth-order valence-electron chi connectivity index (χ4n) is 1.86. The number of hydrogen-bond acceptors (Lipinski definition) is 4. The molecule has 0 saturated carbocycles. The number of hydrogen-bond donors (Lipinski definition) is 2. The first-order valence-electron chi connectivity index (χ1n) is 6.61. The van der Waals surface area contributed by atoms with Gasteiger partial charge in [-0.3, -0.25) is 10.1 Å². The number of rotatable bonds is 2. The minimum Gasteiger partial charge on any atom is -0.323 e. The van der Waals surface area contributed by atoms with Crippen LogP contribution in [0.15, 0.2) is 24.3 Å². The van der Waals surface area contributed by atoms with Crippen LogP contribution in [0.1, 0.15) is 31.9 Å². The van der Waals surface area contributed by atoms with Crippen molar-refractivity contribution in [1.82, 2.24) is 5.32 Å². The molecule has 0 saturated heterocycles. The number of aryl methyl sites for hydroxylation is 2. The summed E-state index contributed by atoms with van der Waals surface area (Å²) in [5.74, 6) is -0.277. The molecule has 0 aliphatic carbocycles. The number of nitrogens with one attached hydrogen (secondary N) is 2. The molecule has 0 atom stereocenters. The van der Waals surface area contributed by atoms with E-state index in [1.807, 2.05) is 32.9 Å². The fraction of sp³-hybridized carbons (Fsp3) is 0.188. The maximum absolute atomic E-state index is 12.1. The van der Waals surface area contributed by atoms with E-state index in [-0.39, 0.29) is 11.0 Å². The van der Waals surface area contributed by atoms with Gasteiger partial charge in [-0.25, -0.2) is 0 Å². The van der Waals surface area contributed by atoms with Crippen LogP contribution in [0.25, 0.3) is 0 Å². The summed E-state index contributed by atoms with van der Waals surface area (Å²) in [4.78, 5) is 13.1. The summed E-state index contributed by atoms with van der Waals surface area (Å²) in [6.07, 6.45) is 0. The molecular formula is C16H15N3OS2. The summed E-state index contributed by atoms with van der Waals surface area (Å²) in [5, 5.41) is 15.6. The highest BCUT2D eigenvalue weighted by Gasteiger charge is 2.14. The summed E-state index contributed by atoms with van der Waals surface area (Å²) in [6.45, 7) is 5.79. The highest BCUT2D eigenvalue weighted by atomic mass is 32.1. The van der Waals surface area contributed by atoms with Crippen molar-refractivity contribution in [2.24, 2.45) is 0 Å². The van der Waals surface area contributed by atoms with E-state index < -0.39 is 0 Å². The molecule has 0 radical (unpaired) electrons. The minimum atomic E-state index is -0.277. The topological polar surface area (TPSA) is 64.9 Å². The van der Waals surface area contributed by atoms with Gasteiger partial charge in [-0.1, -0.05) is 17.7 Å². The number of nitrogens with zero attached hydrogens (tertiary/aromatic N) is 1. The van der Waals surface area contributed by atoms with Gasteiger partial charge >= 0.3 is 0 Å². The normalized spacial score (nSPS) is 9.91. The molecule has 0 bridgehead atoms. The van der Waals surface area contributed by atoms with Gasteiger partial charge in [0.15, 0.2) is 5.11 Å². The predicted molar refractivity (Wildman–Crippen MR) is 93.4 cm³/mol. The van der Waals surface area contributed by atoms with E-state index in [9.17, 15) is 10.1 Å². The molecule has 6 heteroatoms. The SMILES string of the molecule is Cc1ccc(C(=O)NC(=S)Nc2sc(C)c(C)c2C#N)cc1. The number of anilines is 1. The third-order valence-corrected chi connectivity index (χ3v) is 4.59. The van der Waals surface area contributed by atoms with E-state index in [0.717, 1.165) is 16.0 Å². The Morgan fingerprint density at radius 2 is 1.86 bits per heavy atom. The number of carbonyl (C=O) groups is 1. The van der Waals surface area contributed by atoms with Gasteiger partial charge in [-0.05, 0) is 50.7 Å². The molecule has 0 fully saturated rings. The van der Waals surface area contributed by atoms with Crippen LogP contribution < -0.4 is 10.6 Å². The molecule has 4 nitrogen and oxygen atoms in total. The quantitative estimate of drug-likeness (QED) is 0.825. The molecule has 1 aromatic carbocycles. The Bertz CT molecular complexity index is 770. The molecule has 0 unspecified atom stereocenters. The number of benzene rings is 1. The molecule has 22 heavy (non-hydrogen) atoms. The molecule has 2 N–H and O–H groups in total. The van der Waals surface area contributed by atoms with Crippen LogP contribution in [0, 0.1) is 32.1 Å². The van der Waals surface area contributed by atoms with Crippen molar-refractivity contribution in [2.45, 2.75) is 20.8 Å². The van der Waals surface area contributed by atoms with Crippen LogP contribution in [0.4, 0.5) is 5.00 Å². The smallest absolute Gasteiger partial charge is 0.257 e. The van der Waals surface area contributed by atoms with Crippen LogP contribution >= 0.6 is 23.6 Å². The average Bonchev–Trinajstić information content (AvgIpc) is 2.73. The molecule has 1 aromatic heterocycles. The predicted octanol–water partition coefficient (Wildman–Crippen LogP) is 3.67. The average molecular weight is 329 g/mol. The van der Waals surface area contributed by atoms with Crippen molar-refractivity contribution in [1.29, 1.82) is 5.26 Å². The van der Waals surface area contributed by atoms with Crippen LogP contribution in [-0.4, -0.2) is 11.0 Å². The van der Waals surface area contributed by atoms with E-state index in [2.05, 4.69) is 16.7 Å². The first kappa shape index (κ1) is 16.1. The van der Waals surface area contributed by atoms with E-state index in [1.165, 1.54) is 11.3 Å². The molecular weight excluding hydrogens is 314 g/mol. The first-order chi connectivity index (χ1) is 10.4. The lowest BCUT2D eigenvalue weighted by molar-refractivity contribution is 0.0978. The van der Waals surface area contributed by atoms with Gasteiger partial charge in [0.05, 0.1) is 5.56 Å². The lowest BCUT2D eigenvalue weighted by Crippen LogP contribution is -2.34. The van der Waals surface area contributed by atoms with Gasteiger partial charge < -0.3 is 5.32 Å². The summed E-state index contributed by atoms with van der Waals surface area (Å²) in [5.41, 5.74) is 3.12. The third kappa shape index (κ3) is 3.50. The highest BCUT2D eigenvalue weighted by molar-refractivity contribution is 7.80. The lowest BCUT2D eigenvalue weighted by atomic mass is 10.1. The highest BCUT2D eigenvalue weighted by Crippen LogP contribution is 2.31. The standard InChI is InChI=1S/C16H15N3OS2/c1-9-4-6-12(7-5-9)14(20)18-16(21)19-15-13(8-17)10(2)11(3)22-15/h4-7H,1-3H3,(H2,18,19,20,21). The van der Waals surface area contributed by atoms with E-state index in [1.54, 1.807) is 12.1 Å². The molecule has 2 rings (SSSR count). The van der Waals surface area contributed by atoms with Gasteiger partial charge in [-0.2, -0.15) is 5.26 Å². The zero-order valence-corrected chi connectivity index (χ0v) is 14.1. The van der Waals surface area contributed by atoms with Crippen molar-refractivity contribution in [2.75, 3.05) is 5.32 Å². The second-order valence-corrected chi connectivity index (χ2v) is 6.51. The maximum Gasteiger partial charge on any atom is 0.257 e. The lowest BCUT2D eigenvalue weighted by Gasteiger charge is -2.08. The van der Waals surface area contributed by atoms with Crippen LogP contribution in [-0.2, 0) is 0 Å². The number of nitriles is 1. The van der Waals surface area contributed by atoms with E-state index in [4.69, 9.17) is 12.2 Å². The monoisotopic (exact) mass is 329 g/mol. The molecule has 0 spiro atoms. The summed E-state index contributed by atoms with van der Waals surface area (Å²) in [7, 11) is 0. The minimum absolute atomic E-state index is 0.184. The third-order valence-electron chi connectivity index (χ3n) is 3.26. The van der Waals surface area contributed by atoms with Crippen molar-refractivity contribution >= 4 is 39.6 Å². The number of thiophene rings is 1. The zero-order chi connectivity index (χ0) is 16.3. The number of thiocarbonyl (C=S) groups is 1. The van der Waals surface area contributed by atoms with Crippen molar-refractivity contribution < 1.29 is 4.79 Å². The molecule has 2 aromatic rings. The fourth-order valence-corrected chi connectivity index (χ4v) is 3.14. The van der Waals surface area contributed by atoms with Crippen LogP contribution in [0.3, 0.4) is 0 Å². The van der Waals surface area contributed by atoms with Gasteiger partial charge in [-0.15, -0.1) is 11.3 Å². The summed E-state index contributed by atoms with van der Waals surface area (Å²) < 4.78 is 0. The molecule has 0 aliphatic rings. The van der Waals surface area contributed by atoms with Crippen molar-refractivity contribution in [3.8, 4) is 6.07 Å². The molecule has 1 amide bonds. The summed E-state index contributed by atoms with van der Waals surface area (Å²) >= 11 is 6.60. The Hall–Kier alpha value is -2.23. The van der Waals surface area contributed by atoms with Gasteiger partial charge in [0.2, 0.25) is 0 Å². The number of carbonyl (C=O) groups excluding carboxylic acids is 1. The van der Waals surface area contributed by atoms with Crippen LogP contribution in [0.2, 0.25) is 0 Å². The largest absolute Gasteiger partial charge is 0.323 e. The molecule has 1 heterocycles. The maximum atomic E-state index is 12.1. The van der Waals surface area contributed by atoms with Crippen molar-refractivity contribution in [3.05, 3.63) is 51.4 Å². The number of amides is 1. The first-order valence-corrected chi connectivity index (χ1v) is 7.84. The molecule has 0 aliphatic heterocycles. The second-order valence-electron chi connectivity index (χ2n) is 4.87. The van der Waals surface area contributed by atoms with E-state index in [0.29, 0.717) is 16.1 Å². The molecule has 112 valence electrons. The Morgan fingerprint density at radius 3 is 2.45 bits per heavy atom. The Balaban J connectivity index is 2.08. The summed E-state index contributed by atoms with van der Waals surface area (Å²) in [6, 6.07) is 9.38. The zero-order valence-electron chi connectivity index (χ0n) is 12.5. The van der Waals surface area contributed by atoms with Crippen molar-refractivity contribution in [3.63, 3.8) is 0 Å². The van der Waals surface area contributed by atoms with Gasteiger partial charge in [0, 0.05) is 10.4 Å². The second kappa shape index (κ2) is 6.69. The van der Waals surface area contributed by atoms with Crippen LogP contribution in [0.5, 0.6) is 0 Å². The Labute approximate surface area is 138 Å².